The quantitative estimate of drug-likeness (QED) is 0.737. The van der Waals surface area contributed by atoms with E-state index in [0.717, 1.165) is 10.9 Å². The molecule has 0 unspecified atom stereocenters. The Bertz CT molecular complexity index is 608. The summed E-state index contributed by atoms with van der Waals surface area (Å²) in [4.78, 5) is 4.37. The molecule has 0 saturated heterocycles. The summed E-state index contributed by atoms with van der Waals surface area (Å²) in [6.45, 7) is 0. The van der Waals surface area contributed by atoms with Gasteiger partial charge >= 0.3 is 0 Å². The minimum absolute atomic E-state index is 0.306. The molecule has 0 amide bonds. The highest BCUT2D eigenvalue weighted by Gasteiger charge is 2.06. The van der Waals surface area contributed by atoms with Crippen molar-refractivity contribution in [2.24, 2.45) is 0 Å². The lowest BCUT2D eigenvalue weighted by Crippen LogP contribution is -1.89. The number of hydrogen-bond acceptors (Lipinski definition) is 4. The molecule has 2 rings (SSSR count). The van der Waals surface area contributed by atoms with Crippen molar-refractivity contribution in [3.05, 3.63) is 35.9 Å². The van der Waals surface area contributed by atoms with Crippen LogP contribution >= 0.6 is 11.8 Å². The van der Waals surface area contributed by atoms with E-state index in [9.17, 15) is 0 Å². The van der Waals surface area contributed by atoms with Crippen LogP contribution < -0.4 is 0 Å². The number of nitrogens with zero attached hydrogens (tertiary/aromatic N) is 3. The van der Waals surface area contributed by atoms with Gasteiger partial charge in [0.1, 0.15) is 11.1 Å². The molecule has 3 nitrogen and oxygen atoms in total. The number of nitriles is 2. The highest BCUT2D eigenvalue weighted by atomic mass is 32.2. The molecule has 1 aromatic carbocycles. The maximum absolute atomic E-state index is 8.99. The normalized spacial score (nSPS) is 9.62. The number of aromatic nitrogens is 1. The van der Waals surface area contributed by atoms with Crippen molar-refractivity contribution in [3.63, 3.8) is 0 Å². The topological polar surface area (TPSA) is 60.5 Å². The molecule has 0 fully saturated rings. The van der Waals surface area contributed by atoms with Gasteiger partial charge in [0.25, 0.3) is 0 Å². The minimum Gasteiger partial charge on any atom is -0.240 e. The van der Waals surface area contributed by atoms with Crippen molar-refractivity contribution in [3.8, 4) is 12.1 Å². The van der Waals surface area contributed by atoms with E-state index in [0.29, 0.717) is 16.3 Å². The summed E-state index contributed by atoms with van der Waals surface area (Å²) in [7, 11) is 0. The van der Waals surface area contributed by atoms with Crippen molar-refractivity contribution < 1.29 is 0 Å². The lowest BCUT2D eigenvalue weighted by molar-refractivity contribution is 1.16. The molecule has 1 heterocycles. The predicted octanol–water partition coefficient (Wildman–Crippen LogP) is 2.72. The highest BCUT2D eigenvalue weighted by Crippen LogP contribution is 2.23. The lowest BCUT2D eigenvalue weighted by atomic mass is 10.2. The third-order valence-electron chi connectivity index (χ3n) is 2.08. The molecular formula is C12H7N3S. The van der Waals surface area contributed by atoms with Crippen LogP contribution in [0, 0.1) is 22.7 Å². The van der Waals surface area contributed by atoms with E-state index >= 15 is 0 Å². The van der Waals surface area contributed by atoms with Gasteiger partial charge in [0.2, 0.25) is 0 Å². The van der Waals surface area contributed by atoms with E-state index in [1.165, 1.54) is 11.8 Å². The van der Waals surface area contributed by atoms with Gasteiger partial charge in [0.05, 0.1) is 22.9 Å². The molecule has 0 saturated carbocycles. The molecule has 0 aliphatic carbocycles. The fourth-order valence-corrected chi connectivity index (χ4v) is 2.01. The third kappa shape index (κ3) is 1.98. The van der Waals surface area contributed by atoms with Gasteiger partial charge in [-0.2, -0.15) is 10.5 Å². The van der Waals surface area contributed by atoms with Crippen LogP contribution in [0.4, 0.5) is 0 Å². The van der Waals surface area contributed by atoms with Crippen LogP contribution in [0.3, 0.4) is 0 Å². The predicted molar refractivity (Wildman–Crippen MR) is 62.8 cm³/mol. The molecule has 16 heavy (non-hydrogen) atoms. The molecule has 0 aliphatic heterocycles. The van der Waals surface area contributed by atoms with Crippen molar-refractivity contribution in [1.82, 2.24) is 4.98 Å². The maximum Gasteiger partial charge on any atom is 0.116 e. The van der Waals surface area contributed by atoms with E-state index in [1.54, 1.807) is 0 Å². The molecule has 0 spiro atoms. The molecule has 0 aliphatic rings. The van der Waals surface area contributed by atoms with Crippen LogP contribution in [0.1, 0.15) is 5.56 Å². The monoisotopic (exact) mass is 225 g/mol. The molecule has 0 atom stereocenters. The molecule has 1 aromatic heterocycles. The summed E-state index contributed by atoms with van der Waals surface area (Å²) < 4.78 is 0. The SMILES string of the molecule is N#CCSc1nc2ccccc2cc1C#N. The number of hydrogen-bond donors (Lipinski definition) is 0. The van der Waals surface area contributed by atoms with Gasteiger partial charge in [-0.3, -0.25) is 0 Å². The second kappa shape index (κ2) is 4.65. The molecular weight excluding hydrogens is 218 g/mol. The van der Waals surface area contributed by atoms with E-state index < -0.39 is 0 Å². The molecule has 0 N–H and O–H groups in total. The number of pyridine rings is 1. The first-order chi connectivity index (χ1) is 7.85. The Balaban J connectivity index is 2.56. The van der Waals surface area contributed by atoms with Gasteiger partial charge in [0.15, 0.2) is 0 Å². The summed E-state index contributed by atoms with van der Waals surface area (Å²) >= 11 is 1.29. The number of rotatable bonds is 2. The first kappa shape index (κ1) is 10.5. The Labute approximate surface area is 97.3 Å². The Hall–Kier alpha value is -2.04. The standard InChI is InChI=1S/C12H7N3S/c13-5-6-16-12-10(8-14)7-9-3-1-2-4-11(9)15-12/h1-4,7H,6H2. The van der Waals surface area contributed by atoms with Crippen molar-refractivity contribution >= 4 is 22.7 Å². The van der Waals surface area contributed by atoms with E-state index in [4.69, 9.17) is 10.5 Å². The smallest absolute Gasteiger partial charge is 0.116 e. The van der Waals surface area contributed by atoms with Crippen molar-refractivity contribution in [2.45, 2.75) is 5.03 Å². The summed E-state index contributed by atoms with van der Waals surface area (Å²) in [5, 5.41) is 19.1. The van der Waals surface area contributed by atoms with Crippen LogP contribution in [0.2, 0.25) is 0 Å². The number of thioether (sulfide) groups is 1. The van der Waals surface area contributed by atoms with E-state index in [-0.39, 0.29) is 0 Å². The average Bonchev–Trinajstić information content (AvgIpc) is 2.35. The fraction of sp³-hybridized carbons (Fsp3) is 0.0833. The van der Waals surface area contributed by atoms with Gasteiger partial charge < -0.3 is 0 Å². The van der Waals surface area contributed by atoms with Crippen molar-refractivity contribution in [2.75, 3.05) is 5.75 Å². The summed E-state index contributed by atoms with van der Waals surface area (Å²) in [6.07, 6.45) is 0. The number of benzene rings is 1. The zero-order chi connectivity index (χ0) is 11.4. The average molecular weight is 225 g/mol. The molecule has 0 bridgehead atoms. The largest absolute Gasteiger partial charge is 0.240 e. The van der Waals surface area contributed by atoms with Crippen LogP contribution in [-0.4, -0.2) is 10.7 Å². The first-order valence-corrected chi connectivity index (χ1v) is 5.63. The highest BCUT2D eigenvalue weighted by molar-refractivity contribution is 7.99. The molecule has 0 radical (unpaired) electrons. The summed E-state index contributed by atoms with van der Waals surface area (Å²) in [5.74, 6) is 0.306. The van der Waals surface area contributed by atoms with Crippen LogP contribution in [-0.2, 0) is 0 Å². The second-order valence-electron chi connectivity index (χ2n) is 3.09. The zero-order valence-electron chi connectivity index (χ0n) is 8.34. The Morgan fingerprint density at radius 2 is 2.06 bits per heavy atom. The van der Waals surface area contributed by atoms with Gasteiger partial charge in [-0.15, -0.1) is 0 Å². The molecule has 4 heteroatoms. The van der Waals surface area contributed by atoms with E-state index in [2.05, 4.69) is 11.1 Å². The van der Waals surface area contributed by atoms with Gasteiger partial charge in [-0.05, 0) is 12.1 Å². The number of fused-ring (bicyclic) bond motifs is 1. The maximum atomic E-state index is 8.99. The third-order valence-corrected chi connectivity index (χ3v) is 2.94. The summed E-state index contributed by atoms with van der Waals surface area (Å²) in [5.41, 5.74) is 1.38. The molecule has 76 valence electrons. The molecule has 2 aromatic rings. The lowest BCUT2D eigenvalue weighted by Gasteiger charge is -2.02. The Morgan fingerprint density at radius 1 is 1.25 bits per heavy atom. The Morgan fingerprint density at radius 3 is 2.81 bits per heavy atom. The van der Waals surface area contributed by atoms with E-state index in [1.807, 2.05) is 36.4 Å². The number of para-hydroxylation sites is 1. The minimum atomic E-state index is 0.306. The fourth-order valence-electron chi connectivity index (χ4n) is 1.39. The zero-order valence-corrected chi connectivity index (χ0v) is 9.16. The van der Waals surface area contributed by atoms with Crippen molar-refractivity contribution in [1.29, 1.82) is 10.5 Å². The summed E-state index contributed by atoms with van der Waals surface area (Å²) in [6, 6.07) is 13.6. The van der Waals surface area contributed by atoms with Crippen LogP contribution in [0.5, 0.6) is 0 Å². The first-order valence-electron chi connectivity index (χ1n) is 4.65. The van der Waals surface area contributed by atoms with Gasteiger partial charge in [-0.25, -0.2) is 4.98 Å². The van der Waals surface area contributed by atoms with Gasteiger partial charge in [-0.1, -0.05) is 30.0 Å². The Kier molecular flexibility index (Phi) is 3.05. The van der Waals surface area contributed by atoms with Gasteiger partial charge in [0, 0.05) is 5.39 Å². The van der Waals surface area contributed by atoms with Crippen LogP contribution in [0.15, 0.2) is 35.4 Å². The second-order valence-corrected chi connectivity index (χ2v) is 4.06. The van der Waals surface area contributed by atoms with Crippen LogP contribution in [0.25, 0.3) is 10.9 Å².